The average Bonchev–Trinajstić information content (AvgIpc) is 3.06. The lowest BCUT2D eigenvalue weighted by molar-refractivity contribution is 0.266. The van der Waals surface area contributed by atoms with Gasteiger partial charge in [-0.2, -0.15) is 0 Å². The van der Waals surface area contributed by atoms with Gasteiger partial charge >= 0.3 is 0 Å². The molecule has 0 aromatic heterocycles. The Bertz CT molecular complexity index is 525. The lowest BCUT2D eigenvalue weighted by Gasteiger charge is -2.20. The van der Waals surface area contributed by atoms with Gasteiger partial charge in [0.05, 0.1) is 19.3 Å². The van der Waals surface area contributed by atoms with E-state index in [-0.39, 0.29) is 0 Å². The first-order chi connectivity index (χ1) is 11.2. The van der Waals surface area contributed by atoms with E-state index in [0.717, 1.165) is 63.2 Å². The highest BCUT2D eigenvalue weighted by molar-refractivity contribution is 5.56. The van der Waals surface area contributed by atoms with Crippen LogP contribution in [0.5, 0.6) is 11.5 Å². The van der Waals surface area contributed by atoms with Gasteiger partial charge < -0.3 is 9.47 Å². The van der Waals surface area contributed by atoms with Gasteiger partial charge in [0.1, 0.15) is 0 Å². The second-order valence-corrected chi connectivity index (χ2v) is 6.32. The first-order valence-electron chi connectivity index (χ1n) is 9.14. The highest BCUT2D eigenvalue weighted by Crippen LogP contribution is 2.41. The molecule has 1 unspecified atom stereocenters. The number of hydrogen-bond acceptors (Lipinski definition) is 3. The number of nitrogens with zero attached hydrogens (tertiary/aromatic N) is 1. The smallest absolute Gasteiger partial charge is 0.164 e. The molecule has 3 nitrogen and oxygen atoms in total. The number of aliphatic imine (C=N–C) groups is 1. The van der Waals surface area contributed by atoms with Crippen LogP contribution in [0.25, 0.3) is 0 Å². The zero-order chi connectivity index (χ0) is 16.7. The van der Waals surface area contributed by atoms with Crippen LogP contribution >= 0.6 is 0 Å². The third-order valence-corrected chi connectivity index (χ3v) is 4.51. The molecule has 1 aromatic rings. The van der Waals surface area contributed by atoms with Crippen molar-refractivity contribution in [3.63, 3.8) is 0 Å². The molecule has 1 aromatic carbocycles. The van der Waals surface area contributed by atoms with E-state index in [0.29, 0.717) is 6.04 Å². The van der Waals surface area contributed by atoms with Gasteiger partial charge in [0.25, 0.3) is 0 Å². The fourth-order valence-corrected chi connectivity index (χ4v) is 3.26. The van der Waals surface area contributed by atoms with Crippen LogP contribution in [0, 0.1) is 0 Å². The Kier molecular flexibility index (Phi) is 6.94. The van der Waals surface area contributed by atoms with Crippen molar-refractivity contribution in [2.45, 2.75) is 71.8 Å². The van der Waals surface area contributed by atoms with E-state index in [9.17, 15) is 0 Å². The standard InChI is InChI=1S/C20H31NO2/c1-5-11-22-19-14-15(13-16(7-3)21-4)17-9-8-10-18(17)20(19)23-12-6-2/h14,16H,4-13H2,1-3H3. The maximum atomic E-state index is 6.08. The van der Waals surface area contributed by atoms with Crippen LogP contribution in [0.1, 0.15) is 63.1 Å². The molecule has 1 aliphatic carbocycles. The first kappa shape index (κ1) is 17.8. The maximum Gasteiger partial charge on any atom is 0.164 e. The summed E-state index contributed by atoms with van der Waals surface area (Å²) in [4.78, 5) is 4.27. The minimum Gasteiger partial charge on any atom is -0.490 e. The molecule has 0 N–H and O–H groups in total. The van der Waals surface area contributed by atoms with Crippen molar-refractivity contribution in [3.8, 4) is 11.5 Å². The van der Waals surface area contributed by atoms with E-state index in [1.165, 1.54) is 23.1 Å². The Morgan fingerprint density at radius 3 is 2.43 bits per heavy atom. The Labute approximate surface area is 141 Å². The molecule has 23 heavy (non-hydrogen) atoms. The molecule has 0 saturated carbocycles. The predicted molar refractivity (Wildman–Crippen MR) is 97.4 cm³/mol. The van der Waals surface area contributed by atoms with Gasteiger partial charge in [0, 0.05) is 5.56 Å². The normalized spacial score (nSPS) is 14.4. The van der Waals surface area contributed by atoms with Crippen molar-refractivity contribution in [3.05, 3.63) is 22.8 Å². The number of ether oxygens (including phenoxy) is 2. The topological polar surface area (TPSA) is 30.8 Å². The highest BCUT2D eigenvalue weighted by atomic mass is 16.5. The average molecular weight is 317 g/mol. The van der Waals surface area contributed by atoms with Crippen molar-refractivity contribution in [1.82, 2.24) is 0 Å². The van der Waals surface area contributed by atoms with Crippen molar-refractivity contribution in [2.75, 3.05) is 13.2 Å². The summed E-state index contributed by atoms with van der Waals surface area (Å²) < 4.78 is 12.1. The van der Waals surface area contributed by atoms with Crippen molar-refractivity contribution in [1.29, 1.82) is 0 Å². The van der Waals surface area contributed by atoms with E-state index >= 15 is 0 Å². The van der Waals surface area contributed by atoms with Gasteiger partial charge in [0.2, 0.25) is 0 Å². The number of rotatable bonds is 10. The lowest BCUT2D eigenvalue weighted by atomic mass is 9.95. The molecule has 0 bridgehead atoms. The fraction of sp³-hybridized carbons (Fsp3) is 0.650. The van der Waals surface area contributed by atoms with Crippen LogP contribution < -0.4 is 9.47 Å². The molecular weight excluding hydrogens is 286 g/mol. The van der Waals surface area contributed by atoms with Crippen LogP contribution in [-0.2, 0) is 19.3 Å². The molecule has 3 heteroatoms. The molecule has 0 radical (unpaired) electrons. The first-order valence-corrected chi connectivity index (χ1v) is 9.14. The molecule has 2 rings (SSSR count). The quantitative estimate of drug-likeness (QED) is 0.582. The fourth-order valence-electron chi connectivity index (χ4n) is 3.26. The molecule has 0 fully saturated rings. The SMILES string of the molecule is C=NC(CC)Cc1cc(OCCC)c(OCCC)c2c1CCC2. The minimum absolute atomic E-state index is 0.293. The van der Waals surface area contributed by atoms with Crippen molar-refractivity contribution in [2.24, 2.45) is 4.99 Å². The van der Waals surface area contributed by atoms with E-state index in [4.69, 9.17) is 9.47 Å². The van der Waals surface area contributed by atoms with Crippen LogP contribution in [0.2, 0.25) is 0 Å². The summed E-state index contributed by atoms with van der Waals surface area (Å²) in [6.07, 6.45) is 7.46. The zero-order valence-electron chi connectivity index (χ0n) is 15.0. The Hall–Kier alpha value is -1.51. The summed E-state index contributed by atoms with van der Waals surface area (Å²) >= 11 is 0. The molecule has 128 valence electrons. The summed E-state index contributed by atoms with van der Waals surface area (Å²) in [6.45, 7) is 11.7. The number of benzene rings is 1. The van der Waals surface area contributed by atoms with E-state index in [1.807, 2.05) is 0 Å². The van der Waals surface area contributed by atoms with Crippen molar-refractivity contribution < 1.29 is 9.47 Å². The summed E-state index contributed by atoms with van der Waals surface area (Å²) in [5.41, 5.74) is 4.23. The summed E-state index contributed by atoms with van der Waals surface area (Å²) in [5, 5.41) is 0. The molecular formula is C20H31NO2. The molecule has 0 saturated heterocycles. The van der Waals surface area contributed by atoms with Gasteiger partial charge in [-0.05, 0) is 68.9 Å². The number of fused-ring (bicyclic) bond motifs is 1. The van der Waals surface area contributed by atoms with Gasteiger partial charge in [-0.3, -0.25) is 4.99 Å². The molecule has 0 amide bonds. The Morgan fingerprint density at radius 1 is 1.09 bits per heavy atom. The summed E-state index contributed by atoms with van der Waals surface area (Å²) in [7, 11) is 0. The van der Waals surface area contributed by atoms with E-state index in [1.54, 1.807) is 0 Å². The summed E-state index contributed by atoms with van der Waals surface area (Å²) in [6, 6.07) is 2.50. The second kappa shape index (κ2) is 8.95. The third-order valence-electron chi connectivity index (χ3n) is 4.51. The van der Waals surface area contributed by atoms with Gasteiger partial charge in [-0.25, -0.2) is 0 Å². The van der Waals surface area contributed by atoms with E-state index in [2.05, 4.69) is 38.5 Å². The van der Waals surface area contributed by atoms with Crippen LogP contribution in [0.4, 0.5) is 0 Å². The van der Waals surface area contributed by atoms with Crippen LogP contribution in [0.3, 0.4) is 0 Å². The number of hydrogen-bond donors (Lipinski definition) is 0. The van der Waals surface area contributed by atoms with E-state index < -0.39 is 0 Å². The zero-order valence-corrected chi connectivity index (χ0v) is 15.0. The van der Waals surface area contributed by atoms with Gasteiger partial charge in [0.15, 0.2) is 11.5 Å². The maximum absolute atomic E-state index is 6.08. The Balaban J connectivity index is 2.39. The van der Waals surface area contributed by atoms with Gasteiger partial charge in [-0.15, -0.1) is 0 Å². The highest BCUT2D eigenvalue weighted by Gasteiger charge is 2.24. The molecule has 0 spiro atoms. The Morgan fingerprint density at radius 2 is 1.78 bits per heavy atom. The second-order valence-electron chi connectivity index (χ2n) is 6.32. The van der Waals surface area contributed by atoms with Crippen LogP contribution in [0.15, 0.2) is 11.1 Å². The molecule has 1 aliphatic rings. The minimum atomic E-state index is 0.293. The van der Waals surface area contributed by atoms with Crippen LogP contribution in [-0.4, -0.2) is 26.0 Å². The summed E-state index contributed by atoms with van der Waals surface area (Å²) in [5.74, 6) is 1.92. The van der Waals surface area contributed by atoms with Gasteiger partial charge in [-0.1, -0.05) is 20.8 Å². The predicted octanol–water partition coefficient (Wildman–Crippen LogP) is 4.77. The largest absolute Gasteiger partial charge is 0.490 e. The molecule has 0 aliphatic heterocycles. The monoisotopic (exact) mass is 317 g/mol. The van der Waals surface area contributed by atoms with Crippen molar-refractivity contribution >= 4 is 6.72 Å². The molecule has 1 atom stereocenters. The third kappa shape index (κ3) is 4.27. The lowest BCUT2D eigenvalue weighted by Crippen LogP contribution is -2.11. The molecule has 0 heterocycles.